The van der Waals surface area contributed by atoms with Crippen LogP contribution in [0.25, 0.3) is 0 Å². The first-order valence-corrected chi connectivity index (χ1v) is 7.20. The third kappa shape index (κ3) is 6.84. The molecule has 2 unspecified atom stereocenters. The zero-order valence-electron chi connectivity index (χ0n) is 12.6. The second-order valence-corrected chi connectivity index (χ2v) is 5.69. The summed E-state index contributed by atoms with van der Waals surface area (Å²) in [5.74, 6) is 0. The van der Waals surface area contributed by atoms with Crippen molar-refractivity contribution in [3.8, 4) is 0 Å². The van der Waals surface area contributed by atoms with Crippen molar-refractivity contribution in [3.63, 3.8) is 0 Å². The van der Waals surface area contributed by atoms with E-state index in [0.717, 1.165) is 13.3 Å². The number of hydrogen-bond donors (Lipinski definition) is 2. The molecule has 0 amide bonds. The van der Waals surface area contributed by atoms with Crippen molar-refractivity contribution < 1.29 is 34.6 Å². The number of halogens is 2. The molecular weight excluding hydrogens is 295 g/mol. The molecule has 0 aliphatic carbocycles. The Kier molecular flexibility index (Phi) is 10.1. The maximum atomic E-state index is 2.29. The second-order valence-electron chi connectivity index (χ2n) is 5.69. The molecule has 0 spiro atoms. The van der Waals surface area contributed by atoms with Crippen molar-refractivity contribution in [1.82, 2.24) is 9.80 Å². The topological polar surface area (TPSA) is 15.4 Å². The largest absolute Gasteiger partial charge is 1.00 e. The van der Waals surface area contributed by atoms with Gasteiger partial charge < -0.3 is 34.6 Å². The summed E-state index contributed by atoms with van der Waals surface area (Å²) in [6, 6.07) is 0. The Morgan fingerprint density at radius 3 is 1.45 bits per heavy atom. The predicted molar refractivity (Wildman–Crippen MR) is 73.7 cm³/mol. The summed E-state index contributed by atoms with van der Waals surface area (Å²) in [5.41, 5.74) is 0. The maximum absolute atomic E-state index is 2.29. The number of rotatable bonds is 7. The summed E-state index contributed by atoms with van der Waals surface area (Å²) < 4.78 is 0. The quantitative estimate of drug-likeness (QED) is 0.453. The number of unbranched alkanes of at least 4 members (excludes halogenated alkanes) is 3. The van der Waals surface area contributed by atoms with Crippen molar-refractivity contribution in [1.29, 1.82) is 0 Å². The highest BCUT2D eigenvalue weighted by Crippen LogP contribution is 1.97. The first-order valence-electron chi connectivity index (χ1n) is 7.20. The highest BCUT2D eigenvalue weighted by Gasteiger charge is 2.14. The molecule has 2 rings (SSSR count). The lowest BCUT2D eigenvalue weighted by Crippen LogP contribution is -3.07. The molecule has 0 saturated carbocycles. The molecule has 0 aromatic carbocycles. The Morgan fingerprint density at radius 2 is 1.15 bits per heavy atom. The molecule has 0 radical (unpaired) electrons. The molecule has 0 fully saturated rings. The fourth-order valence-electron chi connectivity index (χ4n) is 2.70. The van der Waals surface area contributed by atoms with Gasteiger partial charge in [0, 0.05) is 14.1 Å². The minimum absolute atomic E-state index is 0. The summed E-state index contributed by atoms with van der Waals surface area (Å²) in [6.07, 6.45) is 14.4. The van der Waals surface area contributed by atoms with Crippen LogP contribution in [0.15, 0.2) is 24.8 Å². The summed E-state index contributed by atoms with van der Waals surface area (Å²) >= 11 is 0. The van der Waals surface area contributed by atoms with Gasteiger partial charge in [-0.25, -0.2) is 0 Å². The van der Waals surface area contributed by atoms with Crippen LogP contribution in [0.2, 0.25) is 0 Å². The maximum Gasteiger partial charge on any atom is 0.156 e. The van der Waals surface area contributed by atoms with E-state index in [2.05, 4.69) is 48.7 Å². The van der Waals surface area contributed by atoms with Crippen LogP contribution in [0.5, 0.6) is 0 Å². The van der Waals surface area contributed by atoms with Crippen LogP contribution in [0.3, 0.4) is 0 Å². The van der Waals surface area contributed by atoms with E-state index in [1.165, 1.54) is 38.8 Å². The smallest absolute Gasteiger partial charge is 0.156 e. The molecule has 0 saturated heterocycles. The van der Waals surface area contributed by atoms with Gasteiger partial charge in [-0.3, -0.25) is 9.80 Å². The van der Waals surface area contributed by atoms with E-state index in [-0.39, 0.29) is 24.8 Å². The van der Waals surface area contributed by atoms with E-state index in [1.54, 1.807) is 9.80 Å². The van der Waals surface area contributed by atoms with Crippen LogP contribution in [0.4, 0.5) is 0 Å². The van der Waals surface area contributed by atoms with Gasteiger partial charge in [-0.15, -0.1) is 0 Å². The molecule has 20 heavy (non-hydrogen) atoms. The van der Waals surface area contributed by atoms with Gasteiger partial charge in [-0.05, 0) is 25.7 Å². The van der Waals surface area contributed by atoms with Crippen LogP contribution in [-0.2, 0) is 0 Å². The average molecular weight is 323 g/mol. The minimum Gasteiger partial charge on any atom is -1.00 e. The minimum atomic E-state index is 0. The normalized spacial score (nSPS) is 23.9. The molecule has 2 atom stereocenters. The van der Waals surface area contributed by atoms with Crippen molar-refractivity contribution in [2.75, 3.05) is 40.5 Å². The van der Waals surface area contributed by atoms with Crippen LogP contribution >= 0.6 is 0 Å². The monoisotopic (exact) mass is 322 g/mol. The van der Waals surface area contributed by atoms with Crippen LogP contribution in [0.1, 0.15) is 25.7 Å². The van der Waals surface area contributed by atoms with E-state index in [4.69, 9.17) is 0 Å². The number of nitrogens with zero attached hydrogens (tertiary/aromatic N) is 2. The van der Waals surface area contributed by atoms with Gasteiger partial charge in [0.05, 0.1) is 25.5 Å². The predicted octanol–water partition coefficient (Wildman–Crippen LogP) is -6.93. The zero-order chi connectivity index (χ0) is 12.8. The van der Waals surface area contributed by atoms with Crippen molar-refractivity contribution in [2.24, 2.45) is 0 Å². The standard InChI is InChI=1S/C14H26N4.2ClH/c1-15-9-11-17(13-15)7-5-3-4-6-8-18-12-10-16(2)14-18;;/h9-12H,3-8,13-14H2,1-2H3;2*1H. The SMILES string of the molecule is CN1C=C[NH+](CCCCCC[NH+]2C=CN(C)C2)C1.[Cl-].[Cl-]. The highest BCUT2D eigenvalue weighted by molar-refractivity contribution is 4.75. The number of nitrogens with one attached hydrogen (secondary N) is 2. The molecule has 2 heterocycles. The van der Waals surface area contributed by atoms with Gasteiger partial charge in [0.15, 0.2) is 13.3 Å². The molecular formula is C14H28Cl2N4. The van der Waals surface area contributed by atoms with Gasteiger partial charge in [0.1, 0.15) is 12.4 Å². The molecule has 4 nitrogen and oxygen atoms in total. The van der Waals surface area contributed by atoms with Crippen molar-refractivity contribution in [2.45, 2.75) is 25.7 Å². The molecule has 0 aromatic rings. The Balaban J connectivity index is 0.00000180. The van der Waals surface area contributed by atoms with Crippen LogP contribution in [-0.4, -0.2) is 50.3 Å². The molecule has 2 aliphatic heterocycles. The third-order valence-electron chi connectivity index (χ3n) is 3.78. The number of quaternary nitrogens is 2. The van der Waals surface area contributed by atoms with Gasteiger partial charge in [0.2, 0.25) is 0 Å². The molecule has 0 aromatic heterocycles. The van der Waals surface area contributed by atoms with E-state index in [0.29, 0.717) is 0 Å². The Bertz CT molecular complexity index is 280. The second kappa shape index (κ2) is 10.3. The summed E-state index contributed by atoms with van der Waals surface area (Å²) in [6.45, 7) is 4.88. The van der Waals surface area contributed by atoms with Gasteiger partial charge in [-0.1, -0.05) is 0 Å². The molecule has 2 aliphatic rings. The first-order chi connectivity index (χ1) is 8.74. The summed E-state index contributed by atoms with van der Waals surface area (Å²) in [5, 5.41) is 0. The molecule has 6 heteroatoms. The van der Waals surface area contributed by atoms with Gasteiger partial charge in [0.25, 0.3) is 0 Å². The van der Waals surface area contributed by atoms with Crippen molar-refractivity contribution >= 4 is 0 Å². The lowest BCUT2D eigenvalue weighted by atomic mass is 10.2. The third-order valence-corrected chi connectivity index (χ3v) is 3.78. The van der Waals surface area contributed by atoms with E-state index < -0.39 is 0 Å². The Morgan fingerprint density at radius 1 is 0.750 bits per heavy atom. The van der Waals surface area contributed by atoms with Crippen LogP contribution < -0.4 is 34.6 Å². The van der Waals surface area contributed by atoms with E-state index >= 15 is 0 Å². The van der Waals surface area contributed by atoms with E-state index in [1.807, 2.05) is 0 Å². The molecule has 0 bridgehead atoms. The molecule has 2 N–H and O–H groups in total. The molecule has 118 valence electrons. The summed E-state index contributed by atoms with van der Waals surface area (Å²) in [7, 11) is 4.29. The first kappa shape index (κ1) is 19.6. The average Bonchev–Trinajstić information content (AvgIpc) is 2.93. The Labute approximate surface area is 135 Å². The zero-order valence-corrected chi connectivity index (χ0v) is 14.1. The van der Waals surface area contributed by atoms with Gasteiger partial charge >= 0.3 is 0 Å². The lowest BCUT2D eigenvalue weighted by Gasteiger charge is -2.13. The summed E-state index contributed by atoms with van der Waals surface area (Å²) in [4.78, 5) is 7.73. The van der Waals surface area contributed by atoms with E-state index in [9.17, 15) is 0 Å². The highest BCUT2D eigenvalue weighted by atomic mass is 35.5. The Hall–Kier alpha value is -0.420. The van der Waals surface area contributed by atoms with Crippen LogP contribution in [0, 0.1) is 0 Å². The lowest BCUT2D eigenvalue weighted by molar-refractivity contribution is -0.849. The van der Waals surface area contributed by atoms with Crippen molar-refractivity contribution in [3.05, 3.63) is 24.8 Å². The fourth-order valence-corrected chi connectivity index (χ4v) is 2.70. The number of hydrogen-bond acceptors (Lipinski definition) is 2. The van der Waals surface area contributed by atoms with Gasteiger partial charge in [-0.2, -0.15) is 0 Å². The fraction of sp³-hybridized carbons (Fsp3) is 0.714.